The van der Waals surface area contributed by atoms with E-state index >= 15 is 0 Å². The lowest BCUT2D eigenvalue weighted by Gasteiger charge is -2.48. The molecule has 2 aromatic rings. The molecule has 1 aliphatic heterocycles. The van der Waals surface area contributed by atoms with Crippen molar-refractivity contribution >= 4 is 6.03 Å². The van der Waals surface area contributed by atoms with Crippen molar-refractivity contribution in [3.8, 4) is 0 Å². The van der Waals surface area contributed by atoms with E-state index in [1.165, 1.54) is 11.1 Å². The molecule has 1 spiro atoms. The summed E-state index contributed by atoms with van der Waals surface area (Å²) in [5.41, 5.74) is 2.55. The highest BCUT2D eigenvalue weighted by molar-refractivity contribution is 5.78. The van der Waals surface area contributed by atoms with Crippen molar-refractivity contribution in [2.75, 3.05) is 20.6 Å². The van der Waals surface area contributed by atoms with E-state index in [2.05, 4.69) is 66.8 Å². The van der Waals surface area contributed by atoms with E-state index in [1.807, 2.05) is 23.1 Å². The van der Waals surface area contributed by atoms with Gasteiger partial charge in [-0.05, 0) is 50.9 Å². The van der Waals surface area contributed by atoms with Crippen LogP contribution >= 0.6 is 0 Å². The zero-order valence-corrected chi connectivity index (χ0v) is 16.3. The van der Waals surface area contributed by atoms with Crippen LogP contribution in [0.3, 0.4) is 0 Å². The fourth-order valence-corrected chi connectivity index (χ4v) is 4.88. The average Bonchev–Trinajstić information content (AvgIpc) is 2.99. The van der Waals surface area contributed by atoms with Crippen molar-refractivity contribution < 1.29 is 4.79 Å². The first kappa shape index (κ1) is 18.1. The van der Waals surface area contributed by atoms with Crippen molar-refractivity contribution in [2.24, 2.45) is 0 Å². The summed E-state index contributed by atoms with van der Waals surface area (Å²) in [6.07, 6.45) is 4.14. The first-order chi connectivity index (χ1) is 13.0. The summed E-state index contributed by atoms with van der Waals surface area (Å²) in [7, 11) is 4.36. The van der Waals surface area contributed by atoms with Gasteiger partial charge in [0.1, 0.15) is 0 Å². The maximum Gasteiger partial charge on any atom is 0.318 e. The van der Waals surface area contributed by atoms with Crippen LogP contribution in [-0.2, 0) is 12.1 Å². The largest absolute Gasteiger partial charge is 0.331 e. The van der Waals surface area contributed by atoms with E-state index in [4.69, 9.17) is 0 Å². The molecule has 1 saturated carbocycles. The minimum atomic E-state index is -0.0832. The predicted octanol–water partition coefficient (Wildman–Crippen LogP) is 3.98. The molecule has 4 heteroatoms. The van der Waals surface area contributed by atoms with Crippen LogP contribution in [0, 0.1) is 0 Å². The third kappa shape index (κ3) is 3.34. The Balaban J connectivity index is 1.49. The Hall–Kier alpha value is -2.33. The van der Waals surface area contributed by atoms with Gasteiger partial charge in [-0.1, -0.05) is 60.7 Å². The maximum atomic E-state index is 12.6. The number of benzene rings is 2. The van der Waals surface area contributed by atoms with Crippen LogP contribution in [-0.4, -0.2) is 42.0 Å². The van der Waals surface area contributed by atoms with Gasteiger partial charge >= 0.3 is 6.03 Å². The summed E-state index contributed by atoms with van der Waals surface area (Å²) in [6, 6.07) is 21.2. The number of hydrogen-bond donors (Lipinski definition) is 1. The molecule has 1 heterocycles. The number of carbonyl (C=O) groups is 1. The molecule has 142 valence electrons. The normalized spacial score (nSPS) is 28.0. The van der Waals surface area contributed by atoms with Crippen LogP contribution in [0.15, 0.2) is 60.7 Å². The van der Waals surface area contributed by atoms with Gasteiger partial charge in [-0.2, -0.15) is 0 Å². The summed E-state index contributed by atoms with van der Waals surface area (Å²) in [6.45, 7) is 1.49. The van der Waals surface area contributed by atoms with Crippen molar-refractivity contribution in [3.05, 3.63) is 71.8 Å². The van der Waals surface area contributed by atoms with Crippen molar-refractivity contribution in [1.29, 1.82) is 0 Å². The first-order valence-corrected chi connectivity index (χ1v) is 9.87. The summed E-state index contributed by atoms with van der Waals surface area (Å²) in [4.78, 5) is 17.0. The fraction of sp³-hybridized carbons (Fsp3) is 0.435. The summed E-state index contributed by atoms with van der Waals surface area (Å²) in [5, 5.41) is 3.34. The van der Waals surface area contributed by atoms with Crippen molar-refractivity contribution in [1.82, 2.24) is 15.1 Å². The molecule has 2 aliphatic rings. The predicted molar refractivity (Wildman–Crippen MR) is 108 cm³/mol. The van der Waals surface area contributed by atoms with Gasteiger partial charge < -0.3 is 10.2 Å². The van der Waals surface area contributed by atoms with E-state index in [9.17, 15) is 4.79 Å². The highest BCUT2D eigenvalue weighted by Crippen LogP contribution is 2.46. The van der Waals surface area contributed by atoms with Gasteiger partial charge in [0.05, 0.1) is 5.54 Å². The number of amides is 2. The monoisotopic (exact) mass is 363 g/mol. The lowest BCUT2D eigenvalue weighted by molar-refractivity contribution is 0.0617. The lowest BCUT2D eigenvalue weighted by atomic mass is 9.69. The van der Waals surface area contributed by atoms with Crippen molar-refractivity contribution in [2.45, 2.75) is 43.3 Å². The van der Waals surface area contributed by atoms with E-state index in [-0.39, 0.29) is 17.1 Å². The maximum absolute atomic E-state index is 12.6. The smallest absolute Gasteiger partial charge is 0.318 e. The Kier molecular flexibility index (Phi) is 4.68. The Morgan fingerprint density at radius 1 is 0.926 bits per heavy atom. The van der Waals surface area contributed by atoms with Crippen LogP contribution in [0.4, 0.5) is 4.79 Å². The highest BCUT2D eigenvalue weighted by atomic mass is 16.2. The van der Waals surface area contributed by atoms with Crippen LogP contribution in [0.2, 0.25) is 0 Å². The molecule has 0 atom stereocenters. The van der Waals surface area contributed by atoms with E-state index in [0.29, 0.717) is 6.54 Å². The molecule has 4 nitrogen and oxygen atoms in total. The minimum Gasteiger partial charge on any atom is -0.331 e. The third-order valence-electron chi connectivity index (χ3n) is 6.57. The molecular weight excluding hydrogens is 334 g/mol. The molecule has 0 radical (unpaired) electrons. The molecule has 1 aliphatic carbocycles. The highest BCUT2D eigenvalue weighted by Gasteiger charge is 2.49. The van der Waals surface area contributed by atoms with Crippen LogP contribution in [0.25, 0.3) is 0 Å². The average molecular weight is 364 g/mol. The molecule has 27 heavy (non-hydrogen) atoms. The van der Waals surface area contributed by atoms with Gasteiger partial charge in [0.25, 0.3) is 0 Å². The van der Waals surface area contributed by atoms with E-state index in [0.717, 1.165) is 32.2 Å². The number of nitrogens with zero attached hydrogens (tertiary/aromatic N) is 2. The molecular formula is C23H29N3O. The Morgan fingerprint density at radius 2 is 1.52 bits per heavy atom. The topological polar surface area (TPSA) is 35.6 Å². The van der Waals surface area contributed by atoms with E-state index < -0.39 is 0 Å². The molecule has 2 fully saturated rings. The second-order valence-electron chi connectivity index (χ2n) is 8.34. The fourth-order valence-electron chi connectivity index (χ4n) is 4.88. The number of carbonyl (C=O) groups excluding carboxylic acids is 1. The van der Waals surface area contributed by atoms with Gasteiger partial charge in [-0.15, -0.1) is 0 Å². The number of hydrogen-bond acceptors (Lipinski definition) is 2. The lowest BCUT2D eigenvalue weighted by Crippen LogP contribution is -2.54. The van der Waals surface area contributed by atoms with Crippen LogP contribution < -0.4 is 5.32 Å². The molecule has 2 amide bonds. The van der Waals surface area contributed by atoms with Crippen LogP contribution in [0.5, 0.6) is 0 Å². The Morgan fingerprint density at radius 3 is 2.11 bits per heavy atom. The third-order valence-corrected chi connectivity index (χ3v) is 6.57. The molecule has 0 aromatic heterocycles. The SMILES string of the molecule is CN(C)[C@]1(c2ccccc2)CC[C@@]2(CC1)CN(Cc1ccccc1)C(=O)N2. The van der Waals surface area contributed by atoms with Gasteiger partial charge in [-0.25, -0.2) is 4.79 Å². The minimum absolute atomic E-state index is 0.0596. The summed E-state index contributed by atoms with van der Waals surface area (Å²) >= 11 is 0. The first-order valence-electron chi connectivity index (χ1n) is 9.87. The van der Waals surface area contributed by atoms with Gasteiger partial charge in [-0.3, -0.25) is 4.90 Å². The van der Waals surface area contributed by atoms with Gasteiger partial charge in [0.15, 0.2) is 0 Å². The van der Waals surface area contributed by atoms with Gasteiger partial charge in [0, 0.05) is 18.6 Å². The molecule has 0 bridgehead atoms. The zero-order valence-electron chi connectivity index (χ0n) is 16.3. The van der Waals surface area contributed by atoms with Crippen molar-refractivity contribution in [3.63, 3.8) is 0 Å². The molecule has 0 unspecified atom stereocenters. The van der Waals surface area contributed by atoms with E-state index in [1.54, 1.807) is 0 Å². The summed E-state index contributed by atoms with van der Waals surface area (Å²) in [5.74, 6) is 0. The quantitative estimate of drug-likeness (QED) is 0.892. The Labute approximate surface area is 162 Å². The number of nitrogens with one attached hydrogen (secondary N) is 1. The number of rotatable bonds is 4. The molecule has 1 saturated heterocycles. The summed E-state index contributed by atoms with van der Waals surface area (Å²) < 4.78 is 0. The Bertz CT molecular complexity index is 780. The standard InChI is InChI=1S/C23H29N3O/c1-25(2)23(20-11-7-4-8-12-20)15-13-22(14-16-23)18-26(21(27)24-22)17-19-9-5-3-6-10-19/h3-12H,13-18H2,1-2H3,(H,24,27)/t22-,23-. The molecule has 4 rings (SSSR count). The molecule has 2 aromatic carbocycles. The second-order valence-corrected chi connectivity index (χ2v) is 8.34. The molecule has 1 N–H and O–H groups in total. The second kappa shape index (κ2) is 7.01. The van der Waals surface area contributed by atoms with Gasteiger partial charge in [0.2, 0.25) is 0 Å². The van der Waals surface area contributed by atoms with Crippen LogP contribution in [0.1, 0.15) is 36.8 Å². The zero-order chi connectivity index (χ0) is 18.9. The number of urea groups is 1.